The van der Waals surface area contributed by atoms with Gasteiger partial charge in [0.2, 0.25) is 5.91 Å². The lowest BCUT2D eigenvalue weighted by molar-refractivity contribution is -0.129. The second kappa shape index (κ2) is 5.92. The Kier molecular flexibility index (Phi) is 4.62. The normalized spacial score (nSPS) is 25.2. The number of amides is 2. The molecule has 1 atom stereocenters. The maximum atomic E-state index is 12.0. The second-order valence-electron chi connectivity index (χ2n) is 6.49. The van der Waals surface area contributed by atoms with Crippen LogP contribution in [0.3, 0.4) is 0 Å². The zero-order valence-electron chi connectivity index (χ0n) is 12.4. The van der Waals surface area contributed by atoms with Crippen molar-refractivity contribution < 1.29 is 14.3 Å². The molecule has 2 aliphatic rings. The minimum Gasteiger partial charge on any atom is -0.444 e. The molecule has 5 nitrogen and oxygen atoms in total. The number of halogens is 1. The third-order valence-corrected chi connectivity index (χ3v) is 4.58. The van der Waals surface area contributed by atoms with Crippen LogP contribution in [0.1, 0.15) is 40.0 Å². The molecular formula is C14H23BrN2O3. The smallest absolute Gasteiger partial charge is 0.410 e. The summed E-state index contributed by atoms with van der Waals surface area (Å²) in [6.45, 7) is 7.77. The van der Waals surface area contributed by atoms with Crippen LogP contribution < -0.4 is 0 Å². The van der Waals surface area contributed by atoms with E-state index in [4.69, 9.17) is 4.74 Å². The molecular weight excluding hydrogens is 324 g/mol. The van der Waals surface area contributed by atoms with Gasteiger partial charge in [-0.15, -0.1) is 0 Å². The molecule has 2 saturated heterocycles. The summed E-state index contributed by atoms with van der Waals surface area (Å²) in [7, 11) is 0. The molecule has 0 aromatic heterocycles. The summed E-state index contributed by atoms with van der Waals surface area (Å²) < 4.78 is 5.38. The standard InChI is InChI=1S/C14H23BrN2O3/c1-14(2,3)20-13(19)16-7-4-10(5-8-16)17-9-6-11(15)12(17)18/h10-11H,4-9H2,1-3H3/t11-/m0/s1. The van der Waals surface area contributed by atoms with Crippen LogP contribution in [-0.2, 0) is 9.53 Å². The lowest BCUT2D eigenvalue weighted by atomic mass is 10.0. The van der Waals surface area contributed by atoms with E-state index in [-0.39, 0.29) is 22.9 Å². The topological polar surface area (TPSA) is 49.9 Å². The van der Waals surface area contributed by atoms with Crippen LogP contribution in [0.2, 0.25) is 0 Å². The Morgan fingerprint density at radius 2 is 1.80 bits per heavy atom. The largest absolute Gasteiger partial charge is 0.444 e. The van der Waals surface area contributed by atoms with Crippen LogP contribution in [0.5, 0.6) is 0 Å². The summed E-state index contributed by atoms with van der Waals surface area (Å²) in [4.78, 5) is 27.6. The summed E-state index contributed by atoms with van der Waals surface area (Å²) in [5, 5.41) is 0. The van der Waals surface area contributed by atoms with Crippen molar-refractivity contribution in [2.45, 2.75) is 56.5 Å². The van der Waals surface area contributed by atoms with Crippen LogP contribution in [0.25, 0.3) is 0 Å². The van der Waals surface area contributed by atoms with Gasteiger partial charge >= 0.3 is 6.09 Å². The Morgan fingerprint density at radius 1 is 1.20 bits per heavy atom. The highest BCUT2D eigenvalue weighted by Crippen LogP contribution is 2.26. The summed E-state index contributed by atoms with van der Waals surface area (Å²) >= 11 is 3.40. The third kappa shape index (κ3) is 3.65. The van der Waals surface area contributed by atoms with E-state index in [1.54, 1.807) is 4.90 Å². The molecule has 2 fully saturated rings. The average Bonchev–Trinajstić information content (AvgIpc) is 2.68. The fraction of sp³-hybridized carbons (Fsp3) is 0.857. The monoisotopic (exact) mass is 346 g/mol. The molecule has 2 heterocycles. The van der Waals surface area contributed by atoms with Gasteiger partial charge in [-0.1, -0.05) is 15.9 Å². The van der Waals surface area contributed by atoms with Crippen molar-refractivity contribution in [3.8, 4) is 0 Å². The molecule has 0 aliphatic carbocycles. The van der Waals surface area contributed by atoms with Crippen molar-refractivity contribution in [1.82, 2.24) is 9.80 Å². The number of piperidine rings is 1. The van der Waals surface area contributed by atoms with E-state index in [1.165, 1.54) is 0 Å². The summed E-state index contributed by atoms with van der Waals surface area (Å²) in [5.41, 5.74) is -0.456. The van der Waals surface area contributed by atoms with Gasteiger partial charge in [0.15, 0.2) is 0 Å². The molecule has 0 unspecified atom stereocenters. The predicted molar refractivity (Wildman–Crippen MR) is 79.9 cm³/mol. The van der Waals surface area contributed by atoms with Crippen molar-refractivity contribution in [2.24, 2.45) is 0 Å². The number of alkyl halides is 1. The van der Waals surface area contributed by atoms with Crippen molar-refractivity contribution in [2.75, 3.05) is 19.6 Å². The van der Waals surface area contributed by atoms with Gasteiger partial charge in [-0.25, -0.2) is 4.79 Å². The third-order valence-electron chi connectivity index (χ3n) is 3.73. The molecule has 0 aromatic carbocycles. The predicted octanol–water partition coefficient (Wildman–Crippen LogP) is 2.38. The number of nitrogens with zero attached hydrogens (tertiary/aromatic N) is 2. The minimum atomic E-state index is -0.456. The van der Waals surface area contributed by atoms with Crippen LogP contribution in [0, 0.1) is 0 Å². The van der Waals surface area contributed by atoms with Gasteiger partial charge in [0, 0.05) is 25.7 Å². The molecule has 6 heteroatoms. The first-order valence-corrected chi connectivity index (χ1v) is 8.12. The molecule has 20 heavy (non-hydrogen) atoms. The Labute approximate surface area is 128 Å². The summed E-state index contributed by atoms with van der Waals surface area (Å²) in [6.07, 6.45) is 2.31. The summed E-state index contributed by atoms with van der Waals surface area (Å²) in [5.74, 6) is 0.195. The lowest BCUT2D eigenvalue weighted by Gasteiger charge is -2.37. The van der Waals surface area contributed by atoms with Crippen molar-refractivity contribution in [3.05, 3.63) is 0 Å². The molecule has 0 radical (unpaired) electrons. The molecule has 0 aromatic rings. The molecule has 2 rings (SSSR count). The average molecular weight is 347 g/mol. The number of hydrogen-bond donors (Lipinski definition) is 0. The van der Waals surface area contributed by atoms with E-state index in [0.29, 0.717) is 13.1 Å². The van der Waals surface area contributed by atoms with Gasteiger partial charge in [-0.3, -0.25) is 4.79 Å². The fourth-order valence-electron chi connectivity index (χ4n) is 2.72. The number of carbonyl (C=O) groups excluding carboxylic acids is 2. The van der Waals surface area contributed by atoms with E-state index in [9.17, 15) is 9.59 Å². The lowest BCUT2D eigenvalue weighted by Crippen LogP contribution is -2.48. The van der Waals surface area contributed by atoms with Crippen LogP contribution in [-0.4, -0.2) is 57.9 Å². The number of likely N-dealkylation sites (tertiary alicyclic amines) is 2. The second-order valence-corrected chi connectivity index (χ2v) is 7.59. The molecule has 114 valence electrons. The Bertz CT molecular complexity index is 386. The highest BCUT2D eigenvalue weighted by atomic mass is 79.9. The van der Waals surface area contributed by atoms with Crippen LogP contribution in [0.15, 0.2) is 0 Å². The van der Waals surface area contributed by atoms with Gasteiger partial charge in [0.05, 0.1) is 4.83 Å². The van der Waals surface area contributed by atoms with E-state index in [1.807, 2.05) is 25.7 Å². The maximum Gasteiger partial charge on any atom is 0.410 e. The fourth-order valence-corrected chi connectivity index (χ4v) is 3.18. The number of hydrogen-bond acceptors (Lipinski definition) is 3. The Balaban J connectivity index is 1.84. The van der Waals surface area contributed by atoms with Crippen molar-refractivity contribution in [1.29, 1.82) is 0 Å². The number of ether oxygens (including phenoxy) is 1. The van der Waals surface area contributed by atoms with Gasteiger partial charge < -0.3 is 14.5 Å². The van der Waals surface area contributed by atoms with Gasteiger partial charge in [0.1, 0.15) is 5.60 Å². The quantitative estimate of drug-likeness (QED) is 0.685. The van der Waals surface area contributed by atoms with Gasteiger partial charge in [-0.2, -0.15) is 0 Å². The Hall–Kier alpha value is -0.780. The highest BCUT2D eigenvalue weighted by Gasteiger charge is 2.36. The molecule has 2 amide bonds. The zero-order chi connectivity index (χ0) is 14.9. The SMILES string of the molecule is CC(C)(C)OC(=O)N1CCC(N2CC[C@H](Br)C2=O)CC1. The van der Waals surface area contributed by atoms with E-state index >= 15 is 0 Å². The van der Waals surface area contributed by atoms with E-state index in [2.05, 4.69) is 15.9 Å². The van der Waals surface area contributed by atoms with E-state index in [0.717, 1.165) is 25.8 Å². The molecule has 0 saturated carbocycles. The first-order valence-electron chi connectivity index (χ1n) is 7.20. The summed E-state index contributed by atoms with van der Waals surface area (Å²) in [6, 6.07) is 0.267. The van der Waals surface area contributed by atoms with E-state index < -0.39 is 5.60 Å². The first-order chi connectivity index (χ1) is 9.28. The minimum absolute atomic E-state index is 0.0219. The van der Waals surface area contributed by atoms with Crippen LogP contribution in [0.4, 0.5) is 4.79 Å². The molecule has 0 N–H and O–H groups in total. The highest BCUT2D eigenvalue weighted by molar-refractivity contribution is 9.10. The number of rotatable bonds is 1. The zero-order valence-corrected chi connectivity index (χ0v) is 14.0. The van der Waals surface area contributed by atoms with Crippen LogP contribution >= 0.6 is 15.9 Å². The molecule has 2 aliphatic heterocycles. The molecule has 0 bridgehead atoms. The van der Waals surface area contributed by atoms with Crippen molar-refractivity contribution in [3.63, 3.8) is 0 Å². The maximum absolute atomic E-state index is 12.0. The number of carbonyl (C=O) groups is 2. The first kappa shape index (κ1) is 15.6. The molecule has 0 spiro atoms. The van der Waals surface area contributed by atoms with Crippen molar-refractivity contribution >= 4 is 27.9 Å². The Morgan fingerprint density at radius 3 is 2.25 bits per heavy atom. The van der Waals surface area contributed by atoms with Gasteiger partial charge in [-0.05, 0) is 40.0 Å². The van der Waals surface area contributed by atoms with Gasteiger partial charge in [0.25, 0.3) is 0 Å².